The van der Waals surface area contributed by atoms with E-state index in [2.05, 4.69) is 22.3 Å². The van der Waals surface area contributed by atoms with E-state index in [1.807, 2.05) is 24.3 Å². The first-order chi connectivity index (χ1) is 8.83. The van der Waals surface area contributed by atoms with Crippen molar-refractivity contribution in [2.24, 2.45) is 0 Å². The molecule has 0 bridgehead atoms. The summed E-state index contributed by atoms with van der Waals surface area (Å²) >= 11 is 0. The zero-order chi connectivity index (χ0) is 12.8. The summed E-state index contributed by atoms with van der Waals surface area (Å²) in [5.74, 6) is 0. The Morgan fingerprint density at radius 3 is 2.67 bits per heavy atom. The van der Waals surface area contributed by atoms with Gasteiger partial charge in [0.15, 0.2) is 0 Å². The monoisotopic (exact) mass is 246 g/mol. The highest BCUT2D eigenvalue weighted by molar-refractivity contribution is 5.49. The third kappa shape index (κ3) is 3.07. The first kappa shape index (κ1) is 12.6. The Morgan fingerprint density at radius 1 is 1.33 bits per heavy atom. The maximum atomic E-state index is 5.16. The van der Waals surface area contributed by atoms with Crippen LogP contribution in [0, 0.1) is 0 Å². The third-order valence-electron chi connectivity index (χ3n) is 2.78. The van der Waals surface area contributed by atoms with Crippen molar-refractivity contribution in [1.82, 2.24) is 14.8 Å². The molecule has 0 saturated carbocycles. The van der Waals surface area contributed by atoms with E-state index < -0.39 is 0 Å². The van der Waals surface area contributed by atoms with Gasteiger partial charge in [0, 0.05) is 18.8 Å². The maximum Gasteiger partial charge on any atom is 0.138 e. The van der Waals surface area contributed by atoms with E-state index in [9.17, 15) is 0 Å². The summed E-state index contributed by atoms with van der Waals surface area (Å²) in [6.45, 7) is 2.85. The molecular weight excluding hydrogens is 228 g/mol. The number of hydrogen-bond acceptors (Lipinski definition) is 4. The number of rotatable bonds is 6. The second-order valence-corrected chi connectivity index (χ2v) is 4.09. The van der Waals surface area contributed by atoms with Gasteiger partial charge in [-0.3, -0.25) is 0 Å². The number of nitrogens with one attached hydrogen (secondary N) is 1. The number of benzene rings is 1. The van der Waals surface area contributed by atoms with E-state index in [0.717, 1.165) is 17.8 Å². The van der Waals surface area contributed by atoms with Gasteiger partial charge in [-0.1, -0.05) is 6.92 Å². The Labute approximate surface area is 107 Å². The quantitative estimate of drug-likeness (QED) is 0.848. The first-order valence-electron chi connectivity index (χ1n) is 6.04. The molecule has 0 spiro atoms. The van der Waals surface area contributed by atoms with Crippen LogP contribution in [0.2, 0.25) is 0 Å². The fourth-order valence-corrected chi connectivity index (χ4v) is 1.75. The fraction of sp³-hybridized carbons (Fsp3) is 0.385. The van der Waals surface area contributed by atoms with Crippen LogP contribution in [0.5, 0.6) is 0 Å². The van der Waals surface area contributed by atoms with E-state index in [0.29, 0.717) is 12.6 Å². The van der Waals surface area contributed by atoms with E-state index in [1.165, 1.54) is 6.33 Å². The molecule has 2 rings (SSSR count). The zero-order valence-corrected chi connectivity index (χ0v) is 10.7. The lowest BCUT2D eigenvalue weighted by atomic mass is 10.2. The van der Waals surface area contributed by atoms with Gasteiger partial charge in [0.1, 0.15) is 12.7 Å². The van der Waals surface area contributed by atoms with Gasteiger partial charge in [-0.25, -0.2) is 9.67 Å². The summed E-state index contributed by atoms with van der Waals surface area (Å²) < 4.78 is 6.90. The molecule has 0 aliphatic heterocycles. The SMILES string of the molecule is CCC(COC)Nc1ccc(-n2cncn2)cc1. The summed E-state index contributed by atoms with van der Waals surface area (Å²) in [6, 6.07) is 8.43. The van der Waals surface area contributed by atoms with E-state index >= 15 is 0 Å². The standard InChI is InChI=1S/C13H18N4O/c1-3-11(8-18-2)16-12-4-6-13(7-5-12)17-10-14-9-15-17/h4-7,9-11,16H,3,8H2,1-2H3. The van der Waals surface area contributed by atoms with Crippen LogP contribution in [0.1, 0.15) is 13.3 Å². The molecule has 1 aromatic heterocycles. The predicted molar refractivity (Wildman–Crippen MR) is 70.9 cm³/mol. The normalized spacial score (nSPS) is 12.3. The van der Waals surface area contributed by atoms with Gasteiger partial charge in [0.05, 0.1) is 12.3 Å². The number of ether oxygens (including phenoxy) is 1. The number of aromatic nitrogens is 3. The van der Waals surface area contributed by atoms with Crippen molar-refractivity contribution in [3.63, 3.8) is 0 Å². The molecule has 0 amide bonds. The number of methoxy groups -OCH3 is 1. The lowest BCUT2D eigenvalue weighted by molar-refractivity contribution is 0.184. The number of hydrogen-bond donors (Lipinski definition) is 1. The Hall–Kier alpha value is -1.88. The van der Waals surface area contributed by atoms with Crippen molar-refractivity contribution in [2.75, 3.05) is 19.0 Å². The highest BCUT2D eigenvalue weighted by Crippen LogP contribution is 2.14. The Bertz CT molecular complexity index is 452. The van der Waals surface area contributed by atoms with Gasteiger partial charge >= 0.3 is 0 Å². The molecule has 1 heterocycles. The second kappa shape index (κ2) is 6.16. The van der Waals surface area contributed by atoms with Gasteiger partial charge in [-0.2, -0.15) is 5.10 Å². The van der Waals surface area contributed by atoms with E-state index in [4.69, 9.17) is 4.74 Å². The first-order valence-corrected chi connectivity index (χ1v) is 6.04. The summed E-state index contributed by atoms with van der Waals surface area (Å²) in [4.78, 5) is 3.93. The second-order valence-electron chi connectivity index (χ2n) is 4.09. The molecule has 1 N–H and O–H groups in total. The molecule has 0 fully saturated rings. The third-order valence-corrected chi connectivity index (χ3v) is 2.78. The van der Waals surface area contributed by atoms with Gasteiger partial charge in [-0.15, -0.1) is 0 Å². The fourth-order valence-electron chi connectivity index (χ4n) is 1.75. The van der Waals surface area contributed by atoms with Crippen molar-refractivity contribution >= 4 is 5.69 Å². The topological polar surface area (TPSA) is 52.0 Å². The molecule has 0 radical (unpaired) electrons. The van der Waals surface area contributed by atoms with Gasteiger partial charge in [0.2, 0.25) is 0 Å². The largest absolute Gasteiger partial charge is 0.383 e. The smallest absolute Gasteiger partial charge is 0.138 e. The summed E-state index contributed by atoms with van der Waals surface area (Å²) in [5.41, 5.74) is 2.08. The van der Waals surface area contributed by atoms with Crippen LogP contribution in [-0.2, 0) is 4.74 Å². The van der Waals surface area contributed by atoms with Gasteiger partial charge in [0.25, 0.3) is 0 Å². The molecule has 0 saturated heterocycles. The van der Waals surface area contributed by atoms with E-state index in [1.54, 1.807) is 18.1 Å². The number of anilines is 1. The van der Waals surface area contributed by atoms with Crippen molar-refractivity contribution in [3.8, 4) is 5.69 Å². The lowest BCUT2D eigenvalue weighted by Crippen LogP contribution is -2.23. The molecule has 1 atom stereocenters. The maximum absolute atomic E-state index is 5.16. The molecule has 5 nitrogen and oxygen atoms in total. The highest BCUT2D eigenvalue weighted by Gasteiger charge is 2.05. The van der Waals surface area contributed by atoms with Crippen LogP contribution < -0.4 is 5.32 Å². The molecule has 18 heavy (non-hydrogen) atoms. The van der Waals surface area contributed by atoms with Crippen LogP contribution >= 0.6 is 0 Å². The van der Waals surface area contributed by atoms with Crippen LogP contribution in [0.3, 0.4) is 0 Å². The summed E-state index contributed by atoms with van der Waals surface area (Å²) in [5, 5.41) is 7.52. The van der Waals surface area contributed by atoms with E-state index in [-0.39, 0.29) is 0 Å². The minimum absolute atomic E-state index is 0.340. The molecule has 0 aliphatic rings. The number of nitrogens with zero attached hydrogens (tertiary/aromatic N) is 3. The van der Waals surface area contributed by atoms with Crippen molar-refractivity contribution < 1.29 is 4.74 Å². The van der Waals surface area contributed by atoms with Crippen molar-refractivity contribution in [2.45, 2.75) is 19.4 Å². The minimum Gasteiger partial charge on any atom is -0.383 e. The molecule has 0 aliphatic carbocycles. The molecular formula is C13H18N4O. The van der Waals surface area contributed by atoms with Gasteiger partial charge in [-0.05, 0) is 30.7 Å². The predicted octanol–water partition coefficient (Wildman–Crippen LogP) is 2.10. The summed E-state index contributed by atoms with van der Waals surface area (Å²) in [7, 11) is 1.72. The Morgan fingerprint density at radius 2 is 2.11 bits per heavy atom. The van der Waals surface area contributed by atoms with Crippen LogP contribution in [0.4, 0.5) is 5.69 Å². The van der Waals surface area contributed by atoms with Gasteiger partial charge < -0.3 is 10.1 Å². The molecule has 1 unspecified atom stereocenters. The molecule has 96 valence electrons. The van der Waals surface area contributed by atoms with Crippen molar-refractivity contribution in [3.05, 3.63) is 36.9 Å². The highest BCUT2D eigenvalue weighted by atomic mass is 16.5. The average molecular weight is 246 g/mol. The molecule has 2 aromatic rings. The Kier molecular flexibility index (Phi) is 4.30. The molecule has 1 aromatic carbocycles. The zero-order valence-electron chi connectivity index (χ0n) is 10.7. The summed E-state index contributed by atoms with van der Waals surface area (Å²) in [6.07, 6.45) is 4.23. The average Bonchev–Trinajstić information content (AvgIpc) is 2.93. The molecule has 5 heteroatoms. The Balaban J connectivity index is 2.03. The van der Waals surface area contributed by atoms with Crippen LogP contribution in [-0.4, -0.2) is 34.5 Å². The lowest BCUT2D eigenvalue weighted by Gasteiger charge is -2.17. The van der Waals surface area contributed by atoms with Crippen LogP contribution in [0.25, 0.3) is 5.69 Å². The van der Waals surface area contributed by atoms with Crippen molar-refractivity contribution in [1.29, 1.82) is 0 Å². The van der Waals surface area contributed by atoms with Crippen LogP contribution in [0.15, 0.2) is 36.9 Å². The minimum atomic E-state index is 0.340.